The zero-order valence-corrected chi connectivity index (χ0v) is 9.92. The van der Waals surface area contributed by atoms with Gasteiger partial charge >= 0.3 is 0 Å². The zero-order valence-electron chi connectivity index (χ0n) is 9.92. The van der Waals surface area contributed by atoms with Crippen molar-refractivity contribution in [3.8, 4) is 5.75 Å². The van der Waals surface area contributed by atoms with Crippen LogP contribution in [-0.4, -0.2) is 5.60 Å². The van der Waals surface area contributed by atoms with E-state index in [2.05, 4.69) is 39.8 Å². The molecule has 0 saturated heterocycles. The zero-order chi connectivity index (χ0) is 11.2. The van der Waals surface area contributed by atoms with Crippen molar-refractivity contribution in [3.05, 3.63) is 28.8 Å². The summed E-state index contributed by atoms with van der Waals surface area (Å²) in [6.07, 6.45) is 0.878. The number of benzene rings is 1. The quantitative estimate of drug-likeness (QED) is 0.707. The largest absolute Gasteiger partial charge is 0.487 e. The van der Waals surface area contributed by atoms with Crippen LogP contribution in [-0.2, 0) is 0 Å². The molecule has 1 heterocycles. The molecule has 0 aliphatic carbocycles. The number of aryl methyl sites for hydroxylation is 2. The molecule has 1 aliphatic rings. The van der Waals surface area contributed by atoms with Gasteiger partial charge in [-0.2, -0.15) is 0 Å². The highest BCUT2D eigenvalue weighted by atomic mass is 16.5. The van der Waals surface area contributed by atoms with Gasteiger partial charge in [0.15, 0.2) is 0 Å². The summed E-state index contributed by atoms with van der Waals surface area (Å²) in [5.41, 5.74) is 9.64. The summed E-state index contributed by atoms with van der Waals surface area (Å²) in [5.74, 6) is 0.990. The van der Waals surface area contributed by atoms with Crippen molar-refractivity contribution in [1.82, 2.24) is 0 Å². The van der Waals surface area contributed by atoms with E-state index in [1.165, 1.54) is 11.1 Å². The molecule has 2 heteroatoms. The molecule has 15 heavy (non-hydrogen) atoms. The number of ether oxygens (including phenoxy) is 1. The van der Waals surface area contributed by atoms with E-state index in [0.29, 0.717) is 0 Å². The van der Waals surface area contributed by atoms with E-state index in [1.54, 1.807) is 0 Å². The van der Waals surface area contributed by atoms with Crippen molar-refractivity contribution in [1.29, 1.82) is 0 Å². The Labute approximate surface area is 91.4 Å². The lowest BCUT2D eigenvalue weighted by Gasteiger charge is -2.37. The molecular formula is C13H19NO. The van der Waals surface area contributed by atoms with Gasteiger partial charge in [-0.05, 0) is 33.3 Å². The Morgan fingerprint density at radius 1 is 1.33 bits per heavy atom. The molecular weight excluding hydrogens is 186 g/mol. The van der Waals surface area contributed by atoms with E-state index in [-0.39, 0.29) is 11.6 Å². The first kappa shape index (κ1) is 10.5. The van der Waals surface area contributed by atoms with Gasteiger partial charge in [0.25, 0.3) is 0 Å². The lowest BCUT2D eigenvalue weighted by atomic mass is 9.88. The van der Waals surface area contributed by atoms with Crippen molar-refractivity contribution < 1.29 is 4.74 Å². The molecule has 0 bridgehead atoms. The minimum Gasteiger partial charge on any atom is -0.487 e. The monoisotopic (exact) mass is 205 g/mol. The number of hydrogen-bond acceptors (Lipinski definition) is 2. The Morgan fingerprint density at radius 3 is 2.67 bits per heavy atom. The fraction of sp³-hybridized carbons (Fsp3) is 0.538. The van der Waals surface area contributed by atoms with Gasteiger partial charge in [-0.3, -0.25) is 0 Å². The first-order valence-electron chi connectivity index (χ1n) is 5.45. The number of nitrogens with two attached hydrogens (primary N) is 1. The third-order valence-electron chi connectivity index (χ3n) is 2.94. The third-order valence-corrected chi connectivity index (χ3v) is 2.94. The van der Waals surface area contributed by atoms with Crippen LogP contribution in [0.15, 0.2) is 12.1 Å². The Kier molecular flexibility index (Phi) is 2.27. The second-order valence-corrected chi connectivity index (χ2v) is 5.17. The van der Waals surface area contributed by atoms with Crippen LogP contribution in [0.4, 0.5) is 0 Å². The molecule has 82 valence electrons. The van der Waals surface area contributed by atoms with E-state index >= 15 is 0 Å². The molecule has 0 saturated carbocycles. The fourth-order valence-corrected chi connectivity index (χ4v) is 2.36. The molecule has 1 atom stereocenters. The maximum atomic E-state index is 6.18. The highest BCUT2D eigenvalue weighted by Gasteiger charge is 2.32. The van der Waals surface area contributed by atoms with E-state index in [9.17, 15) is 0 Å². The summed E-state index contributed by atoms with van der Waals surface area (Å²) in [6.45, 7) is 8.36. The molecule has 0 fully saturated rings. The van der Waals surface area contributed by atoms with E-state index < -0.39 is 0 Å². The minimum atomic E-state index is -0.146. The maximum absolute atomic E-state index is 6.18. The fourth-order valence-electron chi connectivity index (χ4n) is 2.36. The maximum Gasteiger partial charge on any atom is 0.127 e. The number of rotatable bonds is 0. The molecule has 0 aromatic heterocycles. The molecule has 1 aromatic carbocycles. The highest BCUT2D eigenvalue weighted by molar-refractivity contribution is 5.47. The normalized spacial score (nSPS) is 23.1. The Bertz CT molecular complexity index is 396. The Hall–Kier alpha value is -1.02. The second-order valence-electron chi connectivity index (χ2n) is 5.17. The first-order chi connectivity index (χ1) is 6.89. The summed E-state index contributed by atoms with van der Waals surface area (Å²) < 4.78 is 6.00. The minimum absolute atomic E-state index is 0.0994. The van der Waals surface area contributed by atoms with Crippen LogP contribution in [0.3, 0.4) is 0 Å². The van der Waals surface area contributed by atoms with Crippen LogP contribution in [0.2, 0.25) is 0 Å². The van der Waals surface area contributed by atoms with Gasteiger partial charge in [0.1, 0.15) is 11.4 Å². The summed E-state index contributed by atoms with van der Waals surface area (Å²) in [6, 6.07) is 4.39. The summed E-state index contributed by atoms with van der Waals surface area (Å²) in [7, 11) is 0. The molecule has 1 aliphatic heterocycles. The number of fused-ring (bicyclic) bond motifs is 1. The van der Waals surface area contributed by atoms with E-state index in [1.807, 2.05) is 0 Å². The third kappa shape index (κ3) is 1.86. The van der Waals surface area contributed by atoms with Crippen molar-refractivity contribution in [3.63, 3.8) is 0 Å². The number of hydrogen-bond donors (Lipinski definition) is 1. The van der Waals surface area contributed by atoms with Gasteiger partial charge < -0.3 is 10.5 Å². The standard InChI is InChI=1S/C13H19NO/c1-8-5-9(2)12-10(6-8)11(14)7-13(3,4)15-12/h5-6,11H,7,14H2,1-4H3. The predicted octanol–water partition coefficient (Wildman–Crippen LogP) is 2.86. The topological polar surface area (TPSA) is 35.2 Å². The van der Waals surface area contributed by atoms with Gasteiger partial charge in [-0.25, -0.2) is 0 Å². The van der Waals surface area contributed by atoms with Crippen LogP contribution in [0.1, 0.15) is 43.0 Å². The van der Waals surface area contributed by atoms with Gasteiger partial charge in [-0.15, -0.1) is 0 Å². The van der Waals surface area contributed by atoms with Crippen LogP contribution in [0, 0.1) is 13.8 Å². The van der Waals surface area contributed by atoms with Crippen LogP contribution >= 0.6 is 0 Å². The predicted molar refractivity (Wildman–Crippen MR) is 62.2 cm³/mol. The van der Waals surface area contributed by atoms with Gasteiger partial charge in [0, 0.05) is 18.0 Å². The first-order valence-corrected chi connectivity index (χ1v) is 5.45. The van der Waals surface area contributed by atoms with Crippen LogP contribution in [0.5, 0.6) is 5.75 Å². The molecule has 0 spiro atoms. The van der Waals surface area contributed by atoms with Gasteiger partial charge in [0.2, 0.25) is 0 Å². The lowest BCUT2D eigenvalue weighted by molar-refractivity contribution is 0.0719. The summed E-state index contributed by atoms with van der Waals surface area (Å²) >= 11 is 0. The molecule has 0 radical (unpaired) electrons. The Morgan fingerprint density at radius 2 is 2.00 bits per heavy atom. The van der Waals surface area contributed by atoms with Gasteiger partial charge in [-0.1, -0.05) is 17.7 Å². The molecule has 2 nitrogen and oxygen atoms in total. The van der Waals surface area contributed by atoms with E-state index in [0.717, 1.165) is 17.7 Å². The molecule has 0 amide bonds. The van der Waals surface area contributed by atoms with Crippen LogP contribution in [0.25, 0.3) is 0 Å². The van der Waals surface area contributed by atoms with Crippen molar-refractivity contribution in [2.75, 3.05) is 0 Å². The van der Waals surface area contributed by atoms with Crippen molar-refractivity contribution in [2.45, 2.75) is 45.8 Å². The van der Waals surface area contributed by atoms with Gasteiger partial charge in [0.05, 0.1) is 0 Å². The second kappa shape index (κ2) is 3.24. The lowest BCUT2D eigenvalue weighted by Crippen LogP contribution is -2.37. The highest BCUT2D eigenvalue weighted by Crippen LogP contribution is 2.40. The molecule has 1 unspecified atom stereocenters. The van der Waals surface area contributed by atoms with Crippen molar-refractivity contribution >= 4 is 0 Å². The SMILES string of the molecule is Cc1cc(C)c2c(c1)C(N)CC(C)(C)O2. The van der Waals surface area contributed by atoms with E-state index in [4.69, 9.17) is 10.5 Å². The average Bonchev–Trinajstić information content (AvgIpc) is 2.06. The average molecular weight is 205 g/mol. The molecule has 2 N–H and O–H groups in total. The molecule has 2 rings (SSSR count). The Balaban J connectivity index is 2.55. The smallest absolute Gasteiger partial charge is 0.127 e. The summed E-state index contributed by atoms with van der Waals surface area (Å²) in [5, 5.41) is 0. The summed E-state index contributed by atoms with van der Waals surface area (Å²) in [4.78, 5) is 0. The molecule has 1 aromatic rings. The van der Waals surface area contributed by atoms with Crippen LogP contribution < -0.4 is 10.5 Å². The van der Waals surface area contributed by atoms with Crippen molar-refractivity contribution in [2.24, 2.45) is 5.73 Å².